The maximum atomic E-state index is 13.0. The van der Waals surface area contributed by atoms with E-state index in [0.717, 1.165) is 6.92 Å². The average molecular weight is 398 g/mol. The third-order valence-electron chi connectivity index (χ3n) is 4.72. The number of Topliss-reactive ketones (excluding diaryl/α,β-unsaturated/α-hetero) is 1. The van der Waals surface area contributed by atoms with Gasteiger partial charge in [-0.05, 0) is 23.3 Å². The van der Waals surface area contributed by atoms with Crippen molar-refractivity contribution in [1.29, 1.82) is 0 Å². The van der Waals surface area contributed by atoms with Crippen LogP contribution in [0.1, 0.15) is 46.6 Å². The highest BCUT2D eigenvalue weighted by Gasteiger charge is 2.29. The van der Waals surface area contributed by atoms with E-state index in [-0.39, 0.29) is 33.2 Å². The summed E-state index contributed by atoms with van der Waals surface area (Å²) < 4.78 is 0.598. The van der Waals surface area contributed by atoms with E-state index in [4.69, 9.17) is 0 Å². The fourth-order valence-electron chi connectivity index (χ4n) is 3.46. The number of carboxylic acids is 1. The molecule has 9 heteroatoms. The van der Waals surface area contributed by atoms with Crippen LogP contribution in [0.15, 0.2) is 42.5 Å². The molecule has 1 unspecified atom stereocenters. The predicted octanol–water partition coefficient (Wildman–Crippen LogP) is 1.91. The van der Waals surface area contributed by atoms with Crippen LogP contribution in [0.25, 0.3) is 11.0 Å². The summed E-state index contributed by atoms with van der Waals surface area (Å²) in [5.41, 5.74) is -0.361. The predicted molar refractivity (Wildman–Crippen MR) is 102 cm³/mol. The van der Waals surface area contributed by atoms with Gasteiger partial charge in [-0.15, -0.1) is 0 Å². The van der Waals surface area contributed by atoms with Gasteiger partial charge in [0, 0.05) is 23.8 Å². The normalized spacial score (nSPS) is 12.1. The SMILES string of the molecule is CC(=O)c1c(CO)n([O-])c2c(C(CC(=O)O)c3ccc(O)cc3)cccc2[n+]1=O. The Kier molecular flexibility index (Phi) is 5.33. The largest absolute Gasteiger partial charge is 0.805 e. The molecule has 0 aliphatic carbocycles. The van der Waals surface area contributed by atoms with Crippen molar-refractivity contribution in [2.24, 2.45) is 0 Å². The smallest absolute Gasteiger partial charge is 0.327 e. The highest BCUT2D eigenvalue weighted by atomic mass is 16.5. The highest BCUT2D eigenvalue weighted by molar-refractivity contribution is 5.93. The number of aliphatic carboxylic acids is 1. The van der Waals surface area contributed by atoms with Crippen LogP contribution in [0.3, 0.4) is 0 Å². The molecule has 9 nitrogen and oxygen atoms in total. The van der Waals surface area contributed by atoms with Crippen LogP contribution in [0.4, 0.5) is 0 Å². The number of ketones is 1. The summed E-state index contributed by atoms with van der Waals surface area (Å²) in [6.07, 6.45) is -0.383. The number of carbonyl (C=O) groups is 2. The summed E-state index contributed by atoms with van der Waals surface area (Å²) in [6.45, 7) is 0.274. The number of benzene rings is 2. The number of rotatable bonds is 6. The van der Waals surface area contributed by atoms with Gasteiger partial charge in [0.05, 0.1) is 17.5 Å². The minimum atomic E-state index is -1.13. The summed E-state index contributed by atoms with van der Waals surface area (Å²) in [6, 6.07) is 10.2. The lowest BCUT2D eigenvalue weighted by molar-refractivity contribution is -0.468. The molecule has 3 aromatic rings. The van der Waals surface area contributed by atoms with Gasteiger partial charge in [0.15, 0.2) is 0 Å². The van der Waals surface area contributed by atoms with E-state index in [9.17, 15) is 35.0 Å². The third-order valence-corrected chi connectivity index (χ3v) is 4.72. The van der Waals surface area contributed by atoms with Crippen LogP contribution < -0.4 is 4.43 Å². The number of hydrogen-bond acceptors (Lipinski definition) is 6. The molecule has 0 bridgehead atoms. The van der Waals surface area contributed by atoms with Gasteiger partial charge in [0.25, 0.3) is 5.52 Å². The lowest BCUT2D eigenvalue weighted by Crippen LogP contribution is -2.31. The zero-order chi connectivity index (χ0) is 21.3. The van der Waals surface area contributed by atoms with Crippen molar-refractivity contribution in [3.05, 3.63) is 75.1 Å². The van der Waals surface area contributed by atoms with Crippen LogP contribution in [-0.4, -0.2) is 31.8 Å². The van der Waals surface area contributed by atoms with E-state index in [1.807, 2.05) is 0 Å². The van der Waals surface area contributed by atoms with Crippen molar-refractivity contribution in [3.8, 4) is 5.75 Å². The first kappa shape index (κ1) is 20.0. The van der Waals surface area contributed by atoms with Crippen molar-refractivity contribution in [1.82, 2.24) is 4.73 Å². The van der Waals surface area contributed by atoms with Crippen LogP contribution in [0, 0.1) is 10.1 Å². The molecule has 0 saturated carbocycles. The summed E-state index contributed by atoms with van der Waals surface area (Å²) in [5, 5.41) is 41.5. The van der Waals surface area contributed by atoms with E-state index in [2.05, 4.69) is 0 Å². The van der Waals surface area contributed by atoms with Gasteiger partial charge in [0.1, 0.15) is 17.0 Å². The molecule has 1 aromatic heterocycles. The first-order chi connectivity index (χ1) is 13.8. The fraction of sp³-hybridized carbons (Fsp3) is 0.200. The van der Waals surface area contributed by atoms with Crippen LogP contribution in [0.2, 0.25) is 0 Å². The molecule has 3 rings (SSSR count). The molecule has 1 heterocycles. The number of aliphatic hydroxyl groups is 1. The molecule has 0 fully saturated rings. The minimum Gasteiger partial charge on any atom is -0.805 e. The zero-order valence-electron chi connectivity index (χ0n) is 15.4. The van der Waals surface area contributed by atoms with E-state index in [1.54, 1.807) is 0 Å². The Hall–Kier alpha value is -3.72. The molecule has 0 aliphatic heterocycles. The van der Waals surface area contributed by atoms with Crippen molar-refractivity contribution < 1.29 is 29.3 Å². The monoisotopic (exact) mass is 398 g/mol. The van der Waals surface area contributed by atoms with Gasteiger partial charge < -0.3 is 25.3 Å². The second-order valence-electron chi connectivity index (χ2n) is 6.56. The van der Waals surface area contributed by atoms with Gasteiger partial charge in [-0.3, -0.25) is 9.59 Å². The quantitative estimate of drug-likeness (QED) is 0.424. The van der Waals surface area contributed by atoms with Gasteiger partial charge in [-0.2, -0.15) is 0 Å². The van der Waals surface area contributed by atoms with Gasteiger partial charge in [0.2, 0.25) is 5.78 Å². The van der Waals surface area contributed by atoms with Crippen molar-refractivity contribution in [2.75, 3.05) is 0 Å². The Balaban J connectivity index is 2.39. The van der Waals surface area contributed by atoms with E-state index in [0.29, 0.717) is 10.3 Å². The average Bonchev–Trinajstić information content (AvgIpc) is 2.68. The number of fused-ring (bicyclic) bond motifs is 1. The number of carbonyl (C=O) groups excluding carboxylic acids is 1. The summed E-state index contributed by atoms with van der Waals surface area (Å²) in [5.74, 6) is -2.63. The summed E-state index contributed by atoms with van der Waals surface area (Å²) in [7, 11) is 0. The van der Waals surface area contributed by atoms with E-state index < -0.39 is 35.7 Å². The third kappa shape index (κ3) is 3.55. The van der Waals surface area contributed by atoms with Crippen molar-refractivity contribution in [3.63, 3.8) is 0 Å². The fourth-order valence-corrected chi connectivity index (χ4v) is 3.46. The lowest BCUT2D eigenvalue weighted by Gasteiger charge is -2.23. The Morgan fingerprint density at radius 2 is 1.83 bits per heavy atom. The Labute approximate surface area is 164 Å². The molecular weight excluding hydrogens is 380 g/mol. The number of carboxylic acid groups (broad SMARTS) is 1. The van der Waals surface area contributed by atoms with Crippen LogP contribution in [-0.2, 0) is 11.4 Å². The molecular formula is C20H18N2O7. The topological polar surface area (TPSA) is 146 Å². The maximum absolute atomic E-state index is 13.0. The molecule has 29 heavy (non-hydrogen) atoms. The Morgan fingerprint density at radius 1 is 1.17 bits per heavy atom. The second-order valence-corrected chi connectivity index (χ2v) is 6.56. The van der Waals surface area contributed by atoms with Crippen molar-refractivity contribution >= 4 is 22.8 Å². The molecule has 1 atom stereocenters. The number of phenols is 1. The molecule has 0 amide bonds. The number of phenolic OH excluding ortho intramolecular Hbond substituents is 1. The first-order valence-electron chi connectivity index (χ1n) is 8.69. The van der Waals surface area contributed by atoms with E-state index >= 15 is 0 Å². The van der Waals surface area contributed by atoms with Crippen LogP contribution in [0.5, 0.6) is 5.75 Å². The lowest BCUT2D eigenvalue weighted by atomic mass is 9.87. The summed E-state index contributed by atoms with van der Waals surface area (Å²) in [4.78, 5) is 36.1. The number of hydrogen-bond donors (Lipinski definition) is 3. The molecule has 2 aromatic carbocycles. The van der Waals surface area contributed by atoms with Crippen LogP contribution >= 0.6 is 0 Å². The number of nitrogens with zero attached hydrogens (tertiary/aromatic N) is 2. The Morgan fingerprint density at radius 3 is 2.38 bits per heavy atom. The molecule has 0 aliphatic rings. The summed E-state index contributed by atoms with van der Waals surface area (Å²) >= 11 is 0. The number of aromatic hydroxyl groups is 1. The molecule has 150 valence electrons. The first-order valence-corrected chi connectivity index (χ1v) is 8.69. The highest BCUT2D eigenvalue weighted by Crippen LogP contribution is 2.34. The zero-order valence-corrected chi connectivity index (χ0v) is 15.4. The molecule has 0 radical (unpaired) electrons. The maximum Gasteiger partial charge on any atom is 0.327 e. The number of aromatic nitrogens is 2. The molecule has 3 N–H and O–H groups in total. The number of para-hydroxylation sites is 1. The van der Waals surface area contributed by atoms with Gasteiger partial charge in [-0.1, -0.05) is 24.3 Å². The van der Waals surface area contributed by atoms with E-state index in [1.165, 1.54) is 42.5 Å². The standard InChI is InChI=1S/C20H18N2O7/c1-11(24)19-17(10-23)22(29)20-14(3-2-4-16(20)21(19)28)15(9-18(26)27)12-5-7-13(25)8-6-12/h2-8,15,23,25H,9-10H2,1H3,(H,26,27). The molecule has 0 saturated heterocycles. The molecule has 0 spiro atoms. The minimum absolute atomic E-state index is 0.00861. The number of aliphatic hydroxyl groups excluding tert-OH is 1. The van der Waals surface area contributed by atoms with Gasteiger partial charge >= 0.3 is 11.7 Å². The van der Waals surface area contributed by atoms with Gasteiger partial charge in [-0.25, -0.2) is 0 Å². The van der Waals surface area contributed by atoms with Crippen molar-refractivity contribution in [2.45, 2.75) is 25.9 Å². The Bertz CT molecular complexity index is 1170. The second kappa shape index (κ2) is 7.72.